The fourth-order valence-corrected chi connectivity index (χ4v) is 3.73. The Morgan fingerprint density at radius 3 is 2.73 bits per heavy atom. The summed E-state index contributed by atoms with van der Waals surface area (Å²) in [5.41, 5.74) is 1.22. The number of nitrogens with zero attached hydrogens (tertiary/aromatic N) is 2. The molecule has 1 saturated heterocycles. The predicted molar refractivity (Wildman–Crippen MR) is 101 cm³/mol. The van der Waals surface area contributed by atoms with E-state index in [0.29, 0.717) is 6.54 Å². The number of thiophene rings is 1. The van der Waals surface area contributed by atoms with Crippen molar-refractivity contribution in [3.63, 3.8) is 0 Å². The average Bonchev–Trinajstić information content (AvgIpc) is 3.17. The number of hydrogen-bond donors (Lipinski definition) is 1. The zero-order chi connectivity index (χ0) is 18.4. The number of nitrogens with one attached hydrogen (secondary N) is 1. The van der Waals surface area contributed by atoms with Gasteiger partial charge >= 0.3 is 0 Å². The Labute approximate surface area is 157 Å². The molecular formula is C19H24FN3O2S. The number of carbonyl (C=O) groups is 1. The summed E-state index contributed by atoms with van der Waals surface area (Å²) in [5, 5.41) is 7.12. The van der Waals surface area contributed by atoms with Crippen LogP contribution in [0.5, 0.6) is 5.75 Å². The normalized spacial score (nSPS) is 17.0. The van der Waals surface area contributed by atoms with E-state index in [9.17, 15) is 9.18 Å². The summed E-state index contributed by atoms with van der Waals surface area (Å²) in [6.45, 7) is 4.30. The smallest absolute Gasteiger partial charge is 0.258 e. The number of hydrogen-bond acceptors (Lipinski definition) is 5. The number of halogens is 1. The quantitative estimate of drug-likeness (QED) is 0.805. The Bertz CT molecular complexity index is 703. The number of carbonyl (C=O) groups excluding carboxylic acids is 1. The van der Waals surface area contributed by atoms with Crippen molar-refractivity contribution < 1.29 is 13.9 Å². The lowest BCUT2D eigenvalue weighted by atomic mass is 10.1. The van der Waals surface area contributed by atoms with E-state index in [1.54, 1.807) is 23.5 Å². The van der Waals surface area contributed by atoms with Gasteiger partial charge in [0.2, 0.25) is 0 Å². The molecule has 0 aliphatic carbocycles. The van der Waals surface area contributed by atoms with Crippen LogP contribution < -0.4 is 10.1 Å². The summed E-state index contributed by atoms with van der Waals surface area (Å²) in [5.74, 6) is -0.618. The number of benzene rings is 1. The molecule has 1 aliphatic rings. The lowest BCUT2D eigenvalue weighted by Crippen LogP contribution is -2.48. The van der Waals surface area contributed by atoms with Crippen LogP contribution in [0.3, 0.4) is 0 Å². The van der Waals surface area contributed by atoms with Crippen molar-refractivity contribution in [2.24, 2.45) is 0 Å². The van der Waals surface area contributed by atoms with Gasteiger partial charge in [-0.05, 0) is 41.6 Å². The maximum absolute atomic E-state index is 13.5. The molecule has 26 heavy (non-hydrogen) atoms. The van der Waals surface area contributed by atoms with Crippen LogP contribution in [0.4, 0.5) is 4.39 Å². The van der Waals surface area contributed by atoms with Crippen molar-refractivity contribution in [3.8, 4) is 5.75 Å². The van der Waals surface area contributed by atoms with E-state index in [1.807, 2.05) is 0 Å². The summed E-state index contributed by atoms with van der Waals surface area (Å²) in [6.07, 6.45) is 0. The Hall–Kier alpha value is -1.96. The van der Waals surface area contributed by atoms with Crippen LogP contribution in [0, 0.1) is 5.82 Å². The van der Waals surface area contributed by atoms with Gasteiger partial charge in [0.25, 0.3) is 5.91 Å². The molecule has 2 aromatic rings. The molecule has 0 radical (unpaired) electrons. The van der Waals surface area contributed by atoms with Gasteiger partial charge in [0.15, 0.2) is 18.2 Å². The van der Waals surface area contributed by atoms with Crippen molar-refractivity contribution in [2.45, 2.75) is 6.04 Å². The van der Waals surface area contributed by atoms with Gasteiger partial charge < -0.3 is 15.0 Å². The van der Waals surface area contributed by atoms with E-state index in [4.69, 9.17) is 4.74 Å². The average molecular weight is 377 g/mol. The highest BCUT2D eigenvalue weighted by Gasteiger charge is 2.24. The lowest BCUT2D eigenvalue weighted by molar-refractivity contribution is -0.123. The summed E-state index contributed by atoms with van der Waals surface area (Å²) in [6, 6.07) is 8.34. The second-order valence-corrected chi connectivity index (χ2v) is 7.21. The summed E-state index contributed by atoms with van der Waals surface area (Å²) < 4.78 is 18.8. The van der Waals surface area contributed by atoms with Crippen molar-refractivity contribution >= 4 is 17.2 Å². The third kappa shape index (κ3) is 5.03. The van der Waals surface area contributed by atoms with Gasteiger partial charge in [0.05, 0.1) is 6.04 Å². The summed E-state index contributed by atoms with van der Waals surface area (Å²) >= 11 is 1.66. The van der Waals surface area contributed by atoms with Crippen LogP contribution in [0.25, 0.3) is 0 Å². The molecule has 1 aliphatic heterocycles. The largest absolute Gasteiger partial charge is 0.481 e. The number of piperazine rings is 1. The van der Waals surface area contributed by atoms with Gasteiger partial charge in [0, 0.05) is 32.7 Å². The van der Waals surface area contributed by atoms with Crippen molar-refractivity contribution in [1.29, 1.82) is 0 Å². The highest BCUT2D eigenvalue weighted by Crippen LogP contribution is 2.23. The SMILES string of the molecule is CN1CCN([C@H](CNC(=O)COc2ccccc2F)c2ccsc2)CC1. The second-order valence-electron chi connectivity index (χ2n) is 6.43. The first-order valence-corrected chi connectivity index (χ1v) is 9.66. The summed E-state index contributed by atoms with van der Waals surface area (Å²) in [7, 11) is 2.12. The summed E-state index contributed by atoms with van der Waals surface area (Å²) in [4.78, 5) is 16.9. The third-order valence-corrected chi connectivity index (χ3v) is 5.30. The van der Waals surface area contributed by atoms with Crippen LogP contribution in [0.15, 0.2) is 41.1 Å². The van der Waals surface area contributed by atoms with Crippen molar-refractivity contribution in [1.82, 2.24) is 15.1 Å². The number of rotatable bonds is 7. The van der Waals surface area contributed by atoms with Crippen LogP contribution >= 0.6 is 11.3 Å². The molecule has 1 fully saturated rings. The van der Waals surface area contributed by atoms with Gasteiger partial charge in [0.1, 0.15) is 0 Å². The zero-order valence-corrected chi connectivity index (χ0v) is 15.7. The van der Waals surface area contributed by atoms with Crippen LogP contribution in [0.2, 0.25) is 0 Å². The maximum atomic E-state index is 13.5. The number of likely N-dealkylation sites (N-methyl/N-ethyl adjacent to an activating group) is 1. The molecule has 3 rings (SSSR count). The fraction of sp³-hybridized carbons (Fsp3) is 0.421. The molecule has 1 N–H and O–H groups in total. The molecule has 140 valence electrons. The molecule has 0 saturated carbocycles. The molecule has 1 atom stereocenters. The molecule has 0 spiro atoms. The lowest BCUT2D eigenvalue weighted by Gasteiger charge is -2.38. The Morgan fingerprint density at radius 1 is 1.27 bits per heavy atom. The van der Waals surface area contributed by atoms with Crippen molar-refractivity contribution in [2.75, 3.05) is 46.4 Å². The monoisotopic (exact) mass is 377 g/mol. The van der Waals surface area contributed by atoms with E-state index < -0.39 is 5.82 Å². The first kappa shape index (κ1) is 18.8. The van der Waals surface area contributed by atoms with Gasteiger partial charge in [-0.3, -0.25) is 9.69 Å². The van der Waals surface area contributed by atoms with Gasteiger partial charge in [-0.25, -0.2) is 4.39 Å². The minimum absolute atomic E-state index is 0.0936. The number of amides is 1. The maximum Gasteiger partial charge on any atom is 0.258 e. The standard InChI is InChI=1S/C19H24FN3O2S/c1-22-7-9-23(10-8-22)17(15-6-11-26-14-15)12-21-19(24)13-25-18-5-3-2-4-16(18)20/h2-6,11,14,17H,7-10,12-13H2,1H3,(H,21,24)/t17-/m1/s1. The minimum Gasteiger partial charge on any atom is -0.481 e. The van der Waals surface area contributed by atoms with Crippen LogP contribution in [-0.4, -0.2) is 62.1 Å². The Morgan fingerprint density at radius 2 is 2.04 bits per heavy atom. The first-order chi connectivity index (χ1) is 12.6. The van der Waals surface area contributed by atoms with Gasteiger partial charge in [-0.1, -0.05) is 12.1 Å². The highest BCUT2D eigenvalue weighted by molar-refractivity contribution is 7.07. The molecule has 1 aromatic carbocycles. The molecule has 1 amide bonds. The Balaban J connectivity index is 1.54. The third-order valence-electron chi connectivity index (χ3n) is 4.59. The molecule has 0 bridgehead atoms. The fourth-order valence-electron chi connectivity index (χ4n) is 3.02. The molecular weight excluding hydrogens is 353 g/mol. The molecule has 1 aromatic heterocycles. The first-order valence-electron chi connectivity index (χ1n) is 8.72. The Kier molecular flexibility index (Phi) is 6.60. The topological polar surface area (TPSA) is 44.8 Å². The van der Waals surface area contributed by atoms with E-state index >= 15 is 0 Å². The van der Waals surface area contributed by atoms with Crippen molar-refractivity contribution in [3.05, 3.63) is 52.5 Å². The predicted octanol–water partition coefficient (Wildman–Crippen LogP) is 2.37. The van der Waals surface area contributed by atoms with E-state index in [-0.39, 0.29) is 24.3 Å². The van der Waals surface area contributed by atoms with Gasteiger partial charge in [-0.15, -0.1) is 0 Å². The van der Waals surface area contributed by atoms with E-state index in [2.05, 4.69) is 39.0 Å². The van der Waals surface area contributed by atoms with E-state index in [0.717, 1.165) is 26.2 Å². The minimum atomic E-state index is -0.464. The highest BCUT2D eigenvalue weighted by atomic mass is 32.1. The van der Waals surface area contributed by atoms with Crippen LogP contribution in [0.1, 0.15) is 11.6 Å². The second kappa shape index (κ2) is 9.12. The van der Waals surface area contributed by atoms with E-state index in [1.165, 1.54) is 17.7 Å². The molecule has 0 unspecified atom stereocenters. The molecule has 7 heteroatoms. The number of ether oxygens (including phenoxy) is 1. The van der Waals surface area contributed by atoms with Crippen LogP contribution in [-0.2, 0) is 4.79 Å². The number of para-hydroxylation sites is 1. The molecule has 2 heterocycles. The van der Waals surface area contributed by atoms with Gasteiger partial charge in [-0.2, -0.15) is 11.3 Å². The zero-order valence-electron chi connectivity index (χ0n) is 14.9. The molecule has 5 nitrogen and oxygen atoms in total.